The molecule has 0 N–H and O–H groups in total. The van der Waals surface area contributed by atoms with E-state index in [9.17, 15) is 9.18 Å². The maximum Gasteiger partial charge on any atom is 0.232 e. The Bertz CT molecular complexity index is 864. The first kappa shape index (κ1) is 14.5. The van der Waals surface area contributed by atoms with Gasteiger partial charge in [0.25, 0.3) is 0 Å². The Labute approximate surface area is 136 Å². The molecule has 0 aliphatic carbocycles. The molecule has 3 heterocycles. The molecular weight excluding hydrogens is 311 g/mol. The molecule has 120 valence electrons. The van der Waals surface area contributed by atoms with Gasteiger partial charge < -0.3 is 9.42 Å². The highest BCUT2D eigenvalue weighted by Gasteiger charge is 2.35. The number of rotatable bonds is 3. The molecule has 0 saturated carbocycles. The number of hydrogen-bond donors (Lipinski definition) is 0. The lowest BCUT2D eigenvalue weighted by molar-refractivity contribution is -0.117. The van der Waals surface area contributed by atoms with Crippen molar-refractivity contribution in [1.29, 1.82) is 0 Å². The monoisotopic (exact) mass is 324 g/mol. The zero-order chi connectivity index (χ0) is 16.5. The Morgan fingerprint density at radius 3 is 2.79 bits per heavy atom. The Kier molecular flexibility index (Phi) is 3.53. The van der Waals surface area contributed by atoms with Gasteiger partial charge in [-0.05, 0) is 36.4 Å². The summed E-state index contributed by atoms with van der Waals surface area (Å²) in [7, 11) is 0. The first-order chi connectivity index (χ1) is 11.7. The van der Waals surface area contributed by atoms with E-state index in [-0.39, 0.29) is 24.1 Å². The second kappa shape index (κ2) is 5.84. The van der Waals surface area contributed by atoms with Crippen molar-refractivity contribution in [3.05, 3.63) is 60.5 Å². The molecule has 0 radical (unpaired) electrons. The number of hydrogen-bond acceptors (Lipinski definition) is 5. The highest BCUT2D eigenvalue weighted by atomic mass is 19.1. The zero-order valence-corrected chi connectivity index (χ0v) is 12.6. The highest BCUT2D eigenvalue weighted by molar-refractivity contribution is 5.96. The van der Waals surface area contributed by atoms with Crippen LogP contribution in [0, 0.1) is 5.82 Å². The minimum absolute atomic E-state index is 0.0484. The van der Waals surface area contributed by atoms with E-state index in [4.69, 9.17) is 4.52 Å². The summed E-state index contributed by atoms with van der Waals surface area (Å²) in [5, 5.41) is 3.96. The van der Waals surface area contributed by atoms with E-state index in [1.165, 1.54) is 12.1 Å². The van der Waals surface area contributed by atoms with Gasteiger partial charge in [-0.3, -0.25) is 9.78 Å². The number of aromatic nitrogens is 3. The van der Waals surface area contributed by atoms with Crippen molar-refractivity contribution in [3.63, 3.8) is 0 Å². The first-order valence-corrected chi connectivity index (χ1v) is 7.50. The summed E-state index contributed by atoms with van der Waals surface area (Å²) in [5.41, 5.74) is 1.42. The van der Waals surface area contributed by atoms with Gasteiger partial charge in [-0.1, -0.05) is 5.16 Å². The second-order valence-electron chi connectivity index (χ2n) is 5.58. The van der Waals surface area contributed by atoms with Gasteiger partial charge in [0.05, 0.1) is 5.92 Å². The normalized spacial score (nSPS) is 17.5. The standard InChI is InChI=1S/C17H13FN4O2/c18-13-3-5-14(6-4-13)22-10-12(8-15(22)23)17-20-16(21-24-17)11-2-1-7-19-9-11/h1-7,9,12H,8,10H2. The maximum atomic E-state index is 13.0. The van der Waals surface area contributed by atoms with E-state index < -0.39 is 0 Å². The molecule has 1 aromatic carbocycles. The van der Waals surface area contributed by atoms with Gasteiger partial charge in [-0.15, -0.1) is 0 Å². The van der Waals surface area contributed by atoms with Crippen LogP contribution in [0.2, 0.25) is 0 Å². The van der Waals surface area contributed by atoms with Crippen LogP contribution in [0.15, 0.2) is 53.3 Å². The number of halogens is 1. The Balaban J connectivity index is 1.55. The van der Waals surface area contributed by atoms with Crippen LogP contribution < -0.4 is 4.90 Å². The third-order valence-electron chi connectivity index (χ3n) is 3.97. The van der Waals surface area contributed by atoms with Gasteiger partial charge in [0.1, 0.15) is 5.82 Å². The van der Waals surface area contributed by atoms with Crippen LogP contribution in [0.3, 0.4) is 0 Å². The van der Waals surface area contributed by atoms with Crippen LogP contribution in [0.5, 0.6) is 0 Å². The fourth-order valence-electron chi connectivity index (χ4n) is 2.76. The van der Waals surface area contributed by atoms with E-state index in [0.717, 1.165) is 5.56 Å². The molecule has 0 spiro atoms. The Hall–Kier alpha value is -3.09. The molecule has 0 bridgehead atoms. The van der Waals surface area contributed by atoms with Crippen LogP contribution in [0.25, 0.3) is 11.4 Å². The fourth-order valence-corrected chi connectivity index (χ4v) is 2.76. The van der Waals surface area contributed by atoms with Crippen molar-refractivity contribution in [3.8, 4) is 11.4 Å². The summed E-state index contributed by atoms with van der Waals surface area (Å²) >= 11 is 0. The predicted octanol–water partition coefficient (Wildman–Crippen LogP) is 2.79. The largest absolute Gasteiger partial charge is 0.339 e. The molecule has 6 nitrogen and oxygen atoms in total. The van der Waals surface area contributed by atoms with Crippen LogP contribution in [0.1, 0.15) is 18.2 Å². The van der Waals surface area contributed by atoms with Crippen molar-refractivity contribution in [2.75, 3.05) is 11.4 Å². The first-order valence-electron chi connectivity index (χ1n) is 7.50. The highest BCUT2D eigenvalue weighted by Crippen LogP contribution is 2.31. The molecular formula is C17H13FN4O2. The summed E-state index contributed by atoms with van der Waals surface area (Å²) in [5.74, 6) is 0.311. The van der Waals surface area contributed by atoms with E-state index >= 15 is 0 Å². The SMILES string of the molecule is O=C1CC(c2nc(-c3cccnc3)no2)CN1c1ccc(F)cc1. The number of amides is 1. The lowest BCUT2D eigenvalue weighted by Crippen LogP contribution is -2.24. The molecule has 1 aliphatic heterocycles. The van der Waals surface area contributed by atoms with Crippen LogP contribution in [0.4, 0.5) is 10.1 Å². The van der Waals surface area contributed by atoms with Crippen molar-refractivity contribution in [1.82, 2.24) is 15.1 Å². The maximum absolute atomic E-state index is 13.0. The third kappa shape index (κ3) is 2.64. The van der Waals surface area contributed by atoms with E-state index in [1.54, 1.807) is 35.5 Å². The summed E-state index contributed by atoms with van der Waals surface area (Å²) in [6, 6.07) is 9.48. The molecule has 1 fully saturated rings. The average molecular weight is 324 g/mol. The van der Waals surface area contributed by atoms with Crippen molar-refractivity contribution >= 4 is 11.6 Å². The number of pyridine rings is 1. The smallest absolute Gasteiger partial charge is 0.232 e. The van der Waals surface area contributed by atoms with Gasteiger partial charge in [0.2, 0.25) is 17.6 Å². The van der Waals surface area contributed by atoms with Gasteiger partial charge >= 0.3 is 0 Å². The van der Waals surface area contributed by atoms with Gasteiger partial charge in [0.15, 0.2) is 0 Å². The number of carbonyl (C=O) groups is 1. The summed E-state index contributed by atoms with van der Waals surface area (Å²) in [6.07, 6.45) is 3.60. The summed E-state index contributed by atoms with van der Waals surface area (Å²) < 4.78 is 18.4. The number of benzene rings is 1. The van der Waals surface area contributed by atoms with E-state index in [0.29, 0.717) is 23.9 Å². The third-order valence-corrected chi connectivity index (χ3v) is 3.97. The molecule has 1 saturated heterocycles. The van der Waals surface area contributed by atoms with E-state index in [1.807, 2.05) is 6.07 Å². The second-order valence-corrected chi connectivity index (χ2v) is 5.58. The average Bonchev–Trinajstić information content (AvgIpc) is 3.23. The van der Waals surface area contributed by atoms with Gasteiger partial charge in [-0.2, -0.15) is 4.98 Å². The zero-order valence-electron chi connectivity index (χ0n) is 12.6. The molecule has 1 unspecified atom stereocenters. The fraction of sp³-hybridized carbons (Fsp3) is 0.176. The molecule has 3 aromatic rings. The van der Waals surface area contributed by atoms with Crippen LogP contribution >= 0.6 is 0 Å². The van der Waals surface area contributed by atoms with Crippen molar-refractivity contribution < 1.29 is 13.7 Å². The lowest BCUT2D eigenvalue weighted by atomic mass is 10.1. The minimum Gasteiger partial charge on any atom is -0.339 e. The quantitative estimate of drug-likeness (QED) is 0.741. The summed E-state index contributed by atoms with van der Waals surface area (Å²) in [4.78, 5) is 22.3. The molecule has 7 heteroatoms. The minimum atomic E-state index is -0.333. The Morgan fingerprint density at radius 1 is 1.21 bits per heavy atom. The van der Waals surface area contributed by atoms with Crippen LogP contribution in [-0.2, 0) is 4.79 Å². The van der Waals surface area contributed by atoms with Crippen molar-refractivity contribution in [2.24, 2.45) is 0 Å². The Morgan fingerprint density at radius 2 is 2.04 bits per heavy atom. The van der Waals surface area contributed by atoms with E-state index in [2.05, 4.69) is 15.1 Å². The van der Waals surface area contributed by atoms with Gasteiger partial charge in [0, 0.05) is 36.6 Å². The summed E-state index contributed by atoms with van der Waals surface area (Å²) in [6.45, 7) is 0.430. The van der Waals surface area contributed by atoms with Crippen molar-refractivity contribution in [2.45, 2.75) is 12.3 Å². The number of carbonyl (C=O) groups excluding carboxylic acids is 1. The number of nitrogens with zero attached hydrogens (tertiary/aromatic N) is 4. The molecule has 2 aromatic heterocycles. The molecule has 1 aliphatic rings. The predicted molar refractivity (Wildman–Crippen MR) is 83.6 cm³/mol. The number of anilines is 1. The van der Waals surface area contributed by atoms with Gasteiger partial charge in [-0.25, -0.2) is 4.39 Å². The molecule has 1 amide bonds. The molecule has 1 atom stereocenters. The van der Waals surface area contributed by atoms with Crippen LogP contribution in [-0.4, -0.2) is 27.6 Å². The lowest BCUT2D eigenvalue weighted by Gasteiger charge is -2.15. The molecule has 4 rings (SSSR count). The topological polar surface area (TPSA) is 72.1 Å². The molecule has 24 heavy (non-hydrogen) atoms.